The van der Waals surface area contributed by atoms with Crippen LogP contribution in [-0.4, -0.2) is 29.3 Å². The first-order valence-corrected chi connectivity index (χ1v) is 9.26. The Bertz CT molecular complexity index is 747. The van der Waals surface area contributed by atoms with E-state index in [0.29, 0.717) is 18.7 Å². The van der Waals surface area contributed by atoms with Gasteiger partial charge in [0.1, 0.15) is 11.9 Å². The molecule has 2 rings (SSSR count). The predicted molar refractivity (Wildman–Crippen MR) is 103 cm³/mol. The maximum atomic E-state index is 13.1. The fraction of sp³-hybridized carbons (Fsp3) is 0.300. The number of amides is 2. The second kappa shape index (κ2) is 9.48. The first-order chi connectivity index (χ1) is 12.4. The van der Waals surface area contributed by atoms with Crippen LogP contribution in [0.5, 0.6) is 0 Å². The van der Waals surface area contributed by atoms with Gasteiger partial charge in [0, 0.05) is 17.6 Å². The molecule has 0 saturated carbocycles. The normalized spacial score (nSPS) is 11.7. The number of benzene rings is 2. The number of likely N-dealkylation sites (N-methyl/N-ethyl adjacent to an activating group) is 1. The summed E-state index contributed by atoms with van der Waals surface area (Å²) in [5.41, 5.74) is 1.64. The van der Waals surface area contributed by atoms with E-state index in [9.17, 15) is 14.0 Å². The van der Waals surface area contributed by atoms with Crippen LogP contribution in [0.2, 0.25) is 0 Å². The number of carbonyl (C=O) groups excluding carboxylic acids is 2. The van der Waals surface area contributed by atoms with E-state index in [2.05, 4.69) is 21.2 Å². The van der Waals surface area contributed by atoms with E-state index >= 15 is 0 Å². The zero-order chi connectivity index (χ0) is 19.1. The standard InChI is InChI=1S/C20H22BrFN2O2/c1-3-23-20(26)14(2)24(13-16-4-8-17(21)9-5-16)19(25)12-15-6-10-18(22)11-7-15/h4-11,14H,3,12-13H2,1-2H3,(H,23,26)/t14-/m0/s1. The van der Waals surface area contributed by atoms with Gasteiger partial charge in [-0.05, 0) is 49.2 Å². The predicted octanol–water partition coefficient (Wildman–Crippen LogP) is 3.68. The van der Waals surface area contributed by atoms with E-state index < -0.39 is 6.04 Å². The molecule has 2 aromatic carbocycles. The number of hydrogen-bond donors (Lipinski definition) is 1. The van der Waals surface area contributed by atoms with Gasteiger partial charge in [-0.25, -0.2) is 4.39 Å². The van der Waals surface area contributed by atoms with Crippen LogP contribution in [-0.2, 0) is 22.6 Å². The summed E-state index contributed by atoms with van der Waals surface area (Å²) in [7, 11) is 0. The summed E-state index contributed by atoms with van der Waals surface area (Å²) in [5, 5.41) is 2.76. The van der Waals surface area contributed by atoms with Gasteiger partial charge in [0.15, 0.2) is 0 Å². The average Bonchev–Trinajstić information content (AvgIpc) is 2.62. The van der Waals surface area contributed by atoms with E-state index in [1.807, 2.05) is 31.2 Å². The minimum absolute atomic E-state index is 0.112. The van der Waals surface area contributed by atoms with E-state index in [1.165, 1.54) is 12.1 Å². The molecule has 0 bridgehead atoms. The molecule has 0 saturated heterocycles. The van der Waals surface area contributed by atoms with Crippen molar-refractivity contribution >= 4 is 27.7 Å². The third-order valence-corrected chi connectivity index (χ3v) is 4.58. The van der Waals surface area contributed by atoms with Crippen LogP contribution in [0.1, 0.15) is 25.0 Å². The van der Waals surface area contributed by atoms with Crippen LogP contribution >= 0.6 is 15.9 Å². The summed E-state index contributed by atoms with van der Waals surface area (Å²) in [5.74, 6) is -0.723. The minimum atomic E-state index is -0.605. The third-order valence-electron chi connectivity index (χ3n) is 4.05. The van der Waals surface area contributed by atoms with E-state index in [1.54, 1.807) is 24.0 Å². The molecule has 0 aliphatic carbocycles. The molecule has 26 heavy (non-hydrogen) atoms. The van der Waals surface area contributed by atoms with Crippen molar-refractivity contribution in [1.29, 1.82) is 0 Å². The van der Waals surface area contributed by atoms with Gasteiger partial charge < -0.3 is 10.2 Å². The van der Waals surface area contributed by atoms with Crippen molar-refractivity contribution in [2.24, 2.45) is 0 Å². The fourth-order valence-electron chi connectivity index (χ4n) is 2.57. The maximum Gasteiger partial charge on any atom is 0.242 e. The fourth-order valence-corrected chi connectivity index (χ4v) is 2.83. The number of halogens is 2. The Labute approximate surface area is 161 Å². The molecule has 6 heteroatoms. The summed E-state index contributed by atoms with van der Waals surface area (Å²) in [6, 6.07) is 12.8. The lowest BCUT2D eigenvalue weighted by molar-refractivity contribution is -0.140. The van der Waals surface area contributed by atoms with Crippen molar-refractivity contribution in [2.75, 3.05) is 6.54 Å². The molecule has 2 amide bonds. The largest absolute Gasteiger partial charge is 0.355 e. The van der Waals surface area contributed by atoms with Crippen molar-refractivity contribution in [3.8, 4) is 0 Å². The second-order valence-electron chi connectivity index (χ2n) is 6.02. The summed E-state index contributed by atoms with van der Waals surface area (Å²) in [6.07, 6.45) is 0.112. The van der Waals surface area contributed by atoms with Crippen molar-refractivity contribution in [3.63, 3.8) is 0 Å². The molecule has 1 atom stereocenters. The summed E-state index contributed by atoms with van der Waals surface area (Å²) in [6.45, 7) is 4.38. The maximum absolute atomic E-state index is 13.1. The zero-order valence-electron chi connectivity index (χ0n) is 14.8. The van der Waals surface area contributed by atoms with Gasteiger partial charge in [-0.1, -0.05) is 40.2 Å². The molecule has 0 aliphatic heterocycles. The SMILES string of the molecule is CCNC(=O)[C@H](C)N(Cc1ccc(Br)cc1)C(=O)Cc1ccc(F)cc1. The molecular formula is C20H22BrFN2O2. The topological polar surface area (TPSA) is 49.4 Å². The van der Waals surface area contributed by atoms with Crippen LogP contribution in [0.4, 0.5) is 4.39 Å². The Balaban J connectivity index is 2.20. The Hall–Kier alpha value is -2.21. The Morgan fingerprint density at radius 1 is 1.08 bits per heavy atom. The molecule has 0 heterocycles. The first-order valence-electron chi connectivity index (χ1n) is 8.46. The molecule has 0 unspecified atom stereocenters. The molecule has 4 nitrogen and oxygen atoms in total. The molecule has 0 aliphatic rings. The molecule has 1 N–H and O–H groups in total. The van der Waals surface area contributed by atoms with Crippen LogP contribution in [0.25, 0.3) is 0 Å². The Kier molecular flexibility index (Phi) is 7.33. The number of nitrogens with one attached hydrogen (secondary N) is 1. The molecule has 2 aromatic rings. The quantitative estimate of drug-likeness (QED) is 0.742. The lowest BCUT2D eigenvalue weighted by Gasteiger charge is -2.29. The smallest absolute Gasteiger partial charge is 0.242 e. The molecular weight excluding hydrogens is 399 g/mol. The summed E-state index contributed by atoms with van der Waals surface area (Å²) >= 11 is 3.39. The van der Waals surface area contributed by atoms with E-state index in [4.69, 9.17) is 0 Å². The molecule has 0 fully saturated rings. The van der Waals surface area contributed by atoms with Crippen LogP contribution in [0, 0.1) is 5.82 Å². The van der Waals surface area contributed by atoms with Crippen LogP contribution in [0.3, 0.4) is 0 Å². The zero-order valence-corrected chi connectivity index (χ0v) is 16.4. The van der Waals surface area contributed by atoms with Crippen LogP contribution in [0.15, 0.2) is 53.0 Å². The van der Waals surface area contributed by atoms with Crippen molar-refractivity contribution < 1.29 is 14.0 Å². The van der Waals surface area contributed by atoms with Gasteiger partial charge in [-0.2, -0.15) is 0 Å². The third kappa shape index (κ3) is 5.66. The van der Waals surface area contributed by atoms with Crippen LogP contribution < -0.4 is 5.32 Å². The molecule has 0 radical (unpaired) electrons. The number of carbonyl (C=O) groups is 2. The second-order valence-corrected chi connectivity index (χ2v) is 6.94. The summed E-state index contributed by atoms with van der Waals surface area (Å²) in [4.78, 5) is 26.7. The summed E-state index contributed by atoms with van der Waals surface area (Å²) < 4.78 is 14.0. The highest BCUT2D eigenvalue weighted by Gasteiger charge is 2.25. The molecule has 0 spiro atoms. The Morgan fingerprint density at radius 3 is 2.23 bits per heavy atom. The van der Waals surface area contributed by atoms with E-state index in [-0.39, 0.29) is 24.1 Å². The minimum Gasteiger partial charge on any atom is -0.355 e. The van der Waals surface area contributed by atoms with E-state index in [0.717, 1.165) is 10.0 Å². The highest BCUT2D eigenvalue weighted by Crippen LogP contribution is 2.15. The highest BCUT2D eigenvalue weighted by atomic mass is 79.9. The van der Waals surface area contributed by atoms with Crippen molar-refractivity contribution in [3.05, 3.63) is 69.9 Å². The lowest BCUT2D eigenvalue weighted by Crippen LogP contribution is -2.48. The van der Waals surface area contributed by atoms with Gasteiger partial charge in [0.05, 0.1) is 6.42 Å². The highest BCUT2D eigenvalue weighted by molar-refractivity contribution is 9.10. The van der Waals surface area contributed by atoms with Crippen molar-refractivity contribution in [2.45, 2.75) is 32.9 Å². The Morgan fingerprint density at radius 2 is 1.65 bits per heavy atom. The average molecular weight is 421 g/mol. The number of nitrogens with zero attached hydrogens (tertiary/aromatic N) is 1. The molecule has 0 aromatic heterocycles. The van der Waals surface area contributed by atoms with Gasteiger partial charge in [-0.3, -0.25) is 9.59 Å². The number of rotatable bonds is 7. The first kappa shape index (κ1) is 20.1. The van der Waals surface area contributed by atoms with Gasteiger partial charge >= 0.3 is 0 Å². The lowest BCUT2D eigenvalue weighted by atomic mass is 10.1. The molecule has 138 valence electrons. The number of hydrogen-bond acceptors (Lipinski definition) is 2. The van der Waals surface area contributed by atoms with Gasteiger partial charge in [0.25, 0.3) is 0 Å². The van der Waals surface area contributed by atoms with Gasteiger partial charge in [-0.15, -0.1) is 0 Å². The van der Waals surface area contributed by atoms with Gasteiger partial charge in [0.2, 0.25) is 11.8 Å². The van der Waals surface area contributed by atoms with Crippen molar-refractivity contribution in [1.82, 2.24) is 10.2 Å². The monoisotopic (exact) mass is 420 g/mol.